The highest BCUT2D eigenvalue weighted by Crippen LogP contribution is 2.31. The van der Waals surface area contributed by atoms with Gasteiger partial charge in [0.05, 0.1) is 0 Å². The molecule has 7 heteroatoms. The Hall–Kier alpha value is -1.63. The lowest BCUT2D eigenvalue weighted by Gasteiger charge is -2.12. The molecular formula is C13H14F3N3S. The molecule has 1 aromatic carbocycles. The van der Waals surface area contributed by atoms with E-state index >= 15 is 0 Å². The van der Waals surface area contributed by atoms with E-state index in [1.807, 2.05) is 13.0 Å². The summed E-state index contributed by atoms with van der Waals surface area (Å²) in [4.78, 5) is 4.18. The zero-order valence-corrected chi connectivity index (χ0v) is 11.6. The van der Waals surface area contributed by atoms with Crippen molar-refractivity contribution in [2.45, 2.75) is 12.4 Å². The summed E-state index contributed by atoms with van der Waals surface area (Å²) >= 11 is -0.0350. The Balaban J connectivity index is 2.14. The molecule has 0 bridgehead atoms. The first-order valence-corrected chi connectivity index (χ1v) is 6.95. The third-order valence-corrected chi connectivity index (χ3v) is 3.49. The molecule has 0 amide bonds. The van der Waals surface area contributed by atoms with Gasteiger partial charge in [0.25, 0.3) is 0 Å². The predicted molar refractivity (Wildman–Crippen MR) is 77.9 cm³/mol. The minimum Gasteiger partial charge on any atom is -0.398 e. The van der Waals surface area contributed by atoms with Gasteiger partial charge in [0.15, 0.2) is 0 Å². The standard InChI is InChI=1S/C13H14F3N3S/c1-8-6-9-10(7-19-8)11(17)2-3-12(9)18-4-5-20-13(14,15)16/h2-3,6-7,18H,4-5,17H2,1H3. The van der Waals surface area contributed by atoms with Crippen LogP contribution in [0.15, 0.2) is 24.4 Å². The number of aromatic nitrogens is 1. The van der Waals surface area contributed by atoms with Crippen LogP contribution in [-0.4, -0.2) is 22.8 Å². The van der Waals surface area contributed by atoms with Crippen LogP contribution in [0.1, 0.15) is 5.69 Å². The van der Waals surface area contributed by atoms with Crippen molar-refractivity contribution in [1.82, 2.24) is 4.98 Å². The Labute approximate surface area is 118 Å². The van der Waals surface area contributed by atoms with E-state index in [9.17, 15) is 13.2 Å². The van der Waals surface area contributed by atoms with Crippen molar-refractivity contribution in [2.75, 3.05) is 23.3 Å². The number of benzene rings is 1. The lowest BCUT2D eigenvalue weighted by molar-refractivity contribution is -0.0327. The second-order valence-electron chi connectivity index (χ2n) is 4.29. The zero-order valence-electron chi connectivity index (χ0n) is 10.8. The normalized spacial score (nSPS) is 11.8. The molecule has 2 rings (SSSR count). The van der Waals surface area contributed by atoms with Gasteiger partial charge in [-0.05, 0) is 36.9 Å². The van der Waals surface area contributed by atoms with E-state index in [0.717, 1.165) is 22.2 Å². The van der Waals surface area contributed by atoms with Crippen LogP contribution in [-0.2, 0) is 0 Å². The average molecular weight is 301 g/mol. The minimum absolute atomic E-state index is 0.0350. The van der Waals surface area contributed by atoms with Gasteiger partial charge >= 0.3 is 5.51 Å². The van der Waals surface area contributed by atoms with E-state index in [2.05, 4.69) is 10.3 Å². The molecule has 0 aliphatic rings. The maximum Gasteiger partial charge on any atom is 0.441 e. The summed E-state index contributed by atoms with van der Waals surface area (Å²) in [5.74, 6) is -0.0422. The monoisotopic (exact) mass is 301 g/mol. The molecule has 2 aromatic rings. The molecular weight excluding hydrogens is 287 g/mol. The number of nitrogens with one attached hydrogen (secondary N) is 1. The number of rotatable bonds is 4. The predicted octanol–water partition coefficient (Wildman–Crippen LogP) is 3.79. The summed E-state index contributed by atoms with van der Waals surface area (Å²) in [6, 6.07) is 5.36. The van der Waals surface area contributed by atoms with Gasteiger partial charge in [-0.2, -0.15) is 13.2 Å². The van der Waals surface area contributed by atoms with E-state index < -0.39 is 5.51 Å². The summed E-state index contributed by atoms with van der Waals surface area (Å²) < 4.78 is 36.2. The van der Waals surface area contributed by atoms with Crippen LogP contribution in [0.5, 0.6) is 0 Å². The minimum atomic E-state index is -4.19. The van der Waals surface area contributed by atoms with Crippen LogP contribution < -0.4 is 11.1 Å². The van der Waals surface area contributed by atoms with Crippen molar-refractivity contribution in [3.05, 3.63) is 30.1 Å². The van der Waals surface area contributed by atoms with Crippen LogP contribution in [0.4, 0.5) is 24.5 Å². The molecule has 0 saturated carbocycles. The molecule has 3 nitrogen and oxygen atoms in total. The molecule has 0 fully saturated rings. The first-order chi connectivity index (χ1) is 9.37. The van der Waals surface area contributed by atoms with Crippen LogP contribution in [0, 0.1) is 6.92 Å². The van der Waals surface area contributed by atoms with Crippen molar-refractivity contribution >= 4 is 33.9 Å². The SMILES string of the molecule is Cc1cc2c(NCCSC(F)(F)F)ccc(N)c2cn1. The quantitative estimate of drug-likeness (QED) is 0.666. The highest BCUT2D eigenvalue weighted by Gasteiger charge is 2.27. The number of fused-ring (bicyclic) bond motifs is 1. The molecule has 3 N–H and O–H groups in total. The van der Waals surface area contributed by atoms with E-state index in [-0.39, 0.29) is 24.1 Å². The molecule has 0 aliphatic carbocycles. The number of nitrogens with two attached hydrogens (primary N) is 1. The number of pyridine rings is 1. The first-order valence-electron chi connectivity index (χ1n) is 5.96. The number of aryl methyl sites for hydroxylation is 1. The lowest BCUT2D eigenvalue weighted by atomic mass is 10.1. The van der Waals surface area contributed by atoms with Gasteiger partial charge in [-0.3, -0.25) is 4.98 Å². The number of hydrogen-bond acceptors (Lipinski definition) is 4. The van der Waals surface area contributed by atoms with E-state index in [0.29, 0.717) is 5.69 Å². The highest BCUT2D eigenvalue weighted by atomic mass is 32.2. The van der Waals surface area contributed by atoms with Crippen LogP contribution >= 0.6 is 11.8 Å². The molecule has 0 atom stereocenters. The Morgan fingerprint density at radius 3 is 2.75 bits per heavy atom. The Bertz CT molecular complexity index is 614. The van der Waals surface area contributed by atoms with Crippen LogP contribution in [0.3, 0.4) is 0 Å². The van der Waals surface area contributed by atoms with Crippen LogP contribution in [0.25, 0.3) is 10.8 Å². The van der Waals surface area contributed by atoms with E-state index in [4.69, 9.17) is 5.73 Å². The fourth-order valence-electron chi connectivity index (χ4n) is 1.87. The maximum atomic E-state index is 12.1. The topological polar surface area (TPSA) is 50.9 Å². The molecule has 0 spiro atoms. The van der Waals surface area contributed by atoms with E-state index in [1.165, 1.54) is 0 Å². The molecule has 1 aromatic heterocycles. The van der Waals surface area contributed by atoms with Crippen molar-refractivity contribution in [3.8, 4) is 0 Å². The lowest BCUT2D eigenvalue weighted by Crippen LogP contribution is -2.09. The van der Waals surface area contributed by atoms with Gasteiger partial charge < -0.3 is 11.1 Å². The summed E-state index contributed by atoms with van der Waals surface area (Å²) in [6.07, 6.45) is 1.68. The Morgan fingerprint density at radius 1 is 1.30 bits per heavy atom. The number of thioether (sulfide) groups is 1. The Kier molecular flexibility index (Phi) is 4.27. The number of nitrogens with zero attached hydrogens (tertiary/aromatic N) is 1. The van der Waals surface area contributed by atoms with Crippen molar-refractivity contribution < 1.29 is 13.2 Å². The molecule has 0 aliphatic heterocycles. The Morgan fingerprint density at radius 2 is 2.05 bits per heavy atom. The van der Waals surface area contributed by atoms with Gasteiger partial charge in [0.1, 0.15) is 0 Å². The molecule has 0 radical (unpaired) electrons. The summed E-state index contributed by atoms with van der Waals surface area (Å²) in [6.45, 7) is 2.08. The third-order valence-electron chi connectivity index (χ3n) is 2.75. The van der Waals surface area contributed by atoms with E-state index in [1.54, 1.807) is 18.3 Å². The fraction of sp³-hybridized carbons (Fsp3) is 0.308. The van der Waals surface area contributed by atoms with Gasteiger partial charge in [0, 0.05) is 46.3 Å². The van der Waals surface area contributed by atoms with Gasteiger partial charge in [0.2, 0.25) is 0 Å². The van der Waals surface area contributed by atoms with Crippen molar-refractivity contribution in [3.63, 3.8) is 0 Å². The molecule has 20 heavy (non-hydrogen) atoms. The number of anilines is 2. The smallest absolute Gasteiger partial charge is 0.398 e. The highest BCUT2D eigenvalue weighted by molar-refractivity contribution is 8.00. The first kappa shape index (κ1) is 14.8. The summed E-state index contributed by atoms with van der Waals surface area (Å²) in [7, 11) is 0. The van der Waals surface area contributed by atoms with Gasteiger partial charge in [-0.1, -0.05) is 0 Å². The number of alkyl halides is 3. The van der Waals surface area contributed by atoms with Crippen molar-refractivity contribution in [1.29, 1.82) is 0 Å². The number of nitrogen functional groups attached to an aromatic ring is 1. The summed E-state index contributed by atoms with van der Waals surface area (Å²) in [5, 5.41) is 4.68. The average Bonchev–Trinajstić information content (AvgIpc) is 2.35. The zero-order chi connectivity index (χ0) is 14.8. The molecule has 0 unspecified atom stereocenters. The van der Waals surface area contributed by atoms with Gasteiger partial charge in [-0.25, -0.2) is 0 Å². The fourth-order valence-corrected chi connectivity index (χ4v) is 2.31. The van der Waals surface area contributed by atoms with Crippen LogP contribution in [0.2, 0.25) is 0 Å². The van der Waals surface area contributed by atoms with Crippen molar-refractivity contribution in [2.24, 2.45) is 0 Å². The maximum absolute atomic E-state index is 12.1. The second-order valence-corrected chi connectivity index (χ2v) is 5.45. The number of halogens is 3. The second kappa shape index (κ2) is 5.78. The summed E-state index contributed by atoms with van der Waals surface area (Å²) in [5.41, 5.74) is 3.87. The largest absolute Gasteiger partial charge is 0.441 e. The molecule has 0 saturated heterocycles. The molecule has 108 valence electrons. The number of hydrogen-bond donors (Lipinski definition) is 2. The molecule has 1 heterocycles. The third kappa shape index (κ3) is 3.69. The van der Waals surface area contributed by atoms with Gasteiger partial charge in [-0.15, -0.1) is 0 Å².